The second-order valence-corrected chi connectivity index (χ2v) is 7.00. The van der Waals surface area contributed by atoms with Gasteiger partial charge in [0.05, 0.1) is 0 Å². The molecule has 134 valence electrons. The van der Waals surface area contributed by atoms with Crippen LogP contribution in [0.2, 0.25) is 0 Å². The molecule has 2 nitrogen and oxygen atoms in total. The first-order valence-corrected chi connectivity index (χ1v) is 9.26. The van der Waals surface area contributed by atoms with Crippen LogP contribution in [0.25, 0.3) is 0 Å². The van der Waals surface area contributed by atoms with Gasteiger partial charge in [0.2, 0.25) is 0 Å². The Morgan fingerprint density at radius 1 is 0.958 bits per heavy atom. The molecule has 0 bridgehead atoms. The molecule has 0 radical (unpaired) electrons. The number of rotatable bonds is 10. The second-order valence-electron chi connectivity index (χ2n) is 7.00. The van der Waals surface area contributed by atoms with Crippen LogP contribution in [0, 0.1) is 0 Å². The van der Waals surface area contributed by atoms with E-state index < -0.39 is 0 Å². The van der Waals surface area contributed by atoms with Gasteiger partial charge in [-0.1, -0.05) is 49.5 Å². The van der Waals surface area contributed by atoms with Crippen LogP contribution in [0.1, 0.15) is 77.3 Å². The van der Waals surface area contributed by atoms with Crippen LogP contribution < -0.4 is 0 Å². The summed E-state index contributed by atoms with van der Waals surface area (Å²) in [5.41, 5.74) is 4.28. The van der Waals surface area contributed by atoms with E-state index >= 15 is 0 Å². The molecule has 2 heteroatoms. The zero-order valence-corrected chi connectivity index (χ0v) is 15.9. The molecular formula is C22H34O2. The summed E-state index contributed by atoms with van der Waals surface area (Å²) in [5, 5.41) is 20.5. The maximum atomic E-state index is 10.2. The van der Waals surface area contributed by atoms with Crippen LogP contribution in [0.15, 0.2) is 35.4 Å². The normalized spacial score (nSPS) is 11.6. The minimum atomic E-state index is 0.217. The summed E-state index contributed by atoms with van der Waals surface area (Å²) < 4.78 is 0. The van der Waals surface area contributed by atoms with Gasteiger partial charge in [0.25, 0.3) is 0 Å². The molecule has 1 aromatic carbocycles. The Morgan fingerprint density at radius 3 is 2.21 bits per heavy atom. The van der Waals surface area contributed by atoms with Crippen molar-refractivity contribution in [1.29, 1.82) is 0 Å². The summed E-state index contributed by atoms with van der Waals surface area (Å²) in [6.07, 6.45) is 12.7. The van der Waals surface area contributed by atoms with Gasteiger partial charge < -0.3 is 10.2 Å². The van der Waals surface area contributed by atoms with Gasteiger partial charge in [0.1, 0.15) is 11.5 Å². The summed E-state index contributed by atoms with van der Waals surface area (Å²) >= 11 is 0. The number of benzene rings is 1. The summed E-state index contributed by atoms with van der Waals surface area (Å²) in [5.74, 6) is 0.433. The van der Waals surface area contributed by atoms with Gasteiger partial charge in [-0.25, -0.2) is 0 Å². The molecular weight excluding hydrogens is 296 g/mol. The SMILES string of the molecule is CCCCCCc1cc(O)c(CC=C(C)CCC=C(C)C)c(O)c1. The number of aromatic hydroxyl groups is 2. The van der Waals surface area contributed by atoms with Gasteiger partial charge in [-0.3, -0.25) is 0 Å². The fourth-order valence-corrected chi connectivity index (χ4v) is 2.77. The van der Waals surface area contributed by atoms with Gasteiger partial charge in [-0.15, -0.1) is 0 Å². The molecule has 0 saturated heterocycles. The van der Waals surface area contributed by atoms with Gasteiger partial charge >= 0.3 is 0 Å². The third-order valence-corrected chi connectivity index (χ3v) is 4.33. The lowest BCUT2D eigenvalue weighted by Gasteiger charge is -2.09. The third kappa shape index (κ3) is 7.72. The molecule has 0 heterocycles. The number of phenols is 2. The van der Waals surface area contributed by atoms with Crippen molar-refractivity contribution in [3.8, 4) is 11.5 Å². The van der Waals surface area contributed by atoms with Crippen molar-refractivity contribution in [3.05, 3.63) is 46.6 Å². The first-order chi connectivity index (χ1) is 11.4. The number of hydrogen-bond donors (Lipinski definition) is 2. The summed E-state index contributed by atoms with van der Waals surface area (Å²) in [4.78, 5) is 0. The first-order valence-electron chi connectivity index (χ1n) is 9.26. The monoisotopic (exact) mass is 330 g/mol. The van der Waals surface area contributed by atoms with Crippen molar-refractivity contribution in [2.45, 2.75) is 79.1 Å². The molecule has 0 aliphatic heterocycles. The van der Waals surface area contributed by atoms with Crippen LogP contribution in [-0.4, -0.2) is 10.2 Å². The highest BCUT2D eigenvalue weighted by Crippen LogP contribution is 2.30. The maximum absolute atomic E-state index is 10.2. The molecule has 24 heavy (non-hydrogen) atoms. The zero-order valence-electron chi connectivity index (χ0n) is 15.9. The summed E-state index contributed by atoms with van der Waals surface area (Å²) in [7, 11) is 0. The Hall–Kier alpha value is -1.70. The van der Waals surface area contributed by atoms with Crippen molar-refractivity contribution >= 4 is 0 Å². The Morgan fingerprint density at radius 2 is 1.62 bits per heavy atom. The molecule has 2 N–H and O–H groups in total. The van der Waals surface area contributed by atoms with E-state index in [-0.39, 0.29) is 11.5 Å². The van der Waals surface area contributed by atoms with Crippen molar-refractivity contribution in [3.63, 3.8) is 0 Å². The molecule has 0 fully saturated rings. The minimum Gasteiger partial charge on any atom is -0.508 e. The largest absolute Gasteiger partial charge is 0.508 e. The molecule has 1 aromatic rings. The smallest absolute Gasteiger partial charge is 0.123 e. The number of allylic oxidation sites excluding steroid dienone is 4. The Bertz CT molecular complexity index is 540. The van der Waals surface area contributed by atoms with Crippen LogP contribution in [-0.2, 0) is 12.8 Å². The standard InChI is InChI=1S/C22H34O2/c1-5-6-7-8-12-19-15-21(23)20(22(24)16-19)14-13-18(4)11-9-10-17(2)3/h10,13,15-16,23-24H,5-9,11-12,14H2,1-4H3. The highest BCUT2D eigenvalue weighted by Gasteiger charge is 2.09. The van der Waals surface area contributed by atoms with E-state index in [2.05, 4.69) is 39.8 Å². The van der Waals surface area contributed by atoms with Crippen LogP contribution in [0.4, 0.5) is 0 Å². The molecule has 0 amide bonds. The summed E-state index contributed by atoms with van der Waals surface area (Å²) in [6.45, 7) is 8.52. The van der Waals surface area contributed by atoms with E-state index in [1.165, 1.54) is 30.4 Å². The zero-order chi connectivity index (χ0) is 17.9. The summed E-state index contributed by atoms with van der Waals surface area (Å²) in [6, 6.07) is 3.63. The predicted molar refractivity (Wildman–Crippen MR) is 104 cm³/mol. The van der Waals surface area contributed by atoms with E-state index in [0.717, 1.165) is 31.2 Å². The Labute approximate surface area is 147 Å². The van der Waals surface area contributed by atoms with E-state index in [9.17, 15) is 10.2 Å². The Kier molecular flexibility index (Phi) is 9.29. The number of aryl methyl sites for hydroxylation is 1. The molecule has 0 spiro atoms. The molecule has 0 aromatic heterocycles. The highest BCUT2D eigenvalue weighted by atomic mass is 16.3. The molecule has 0 unspecified atom stereocenters. The molecule has 0 atom stereocenters. The second kappa shape index (κ2) is 11.0. The van der Waals surface area contributed by atoms with Gasteiger partial charge in [-0.05, 0) is 70.6 Å². The number of unbranched alkanes of at least 4 members (excludes halogenated alkanes) is 3. The molecule has 1 rings (SSSR count). The Balaban J connectivity index is 2.63. The minimum absolute atomic E-state index is 0.217. The van der Waals surface area contributed by atoms with Crippen molar-refractivity contribution in [2.24, 2.45) is 0 Å². The van der Waals surface area contributed by atoms with Crippen molar-refractivity contribution in [1.82, 2.24) is 0 Å². The maximum Gasteiger partial charge on any atom is 0.123 e. The molecule has 0 aliphatic carbocycles. The van der Waals surface area contributed by atoms with Crippen molar-refractivity contribution < 1.29 is 10.2 Å². The van der Waals surface area contributed by atoms with Crippen LogP contribution in [0.3, 0.4) is 0 Å². The number of phenolic OH excluding ortho intramolecular Hbond substituents is 2. The van der Waals surface area contributed by atoms with Crippen molar-refractivity contribution in [2.75, 3.05) is 0 Å². The number of hydrogen-bond acceptors (Lipinski definition) is 2. The van der Waals surface area contributed by atoms with Crippen LogP contribution in [0.5, 0.6) is 11.5 Å². The lowest BCUT2D eigenvalue weighted by Crippen LogP contribution is -1.91. The molecule has 0 aliphatic rings. The van der Waals surface area contributed by atoms with E-state index in [1.54, 1.807) is 0 Å². The quantitative estimate of drug-likeness (QED) is 0.382. The molecule has 0 saturated carbocycles. The third-order valence-electron chi connectivity index (χ3n) is 4.33. The lowest BCUT2D eigenvalue weighted by molar-refractivity contribution is 0.439. The fraction of sp³-hybridized carbons (Fsp3) is 0.545. The fourth-order valence-electron chi connectivity index (χ4n) is 2.77. The first kappa shape index (κ1) is 20.3. The van der Waals surface area contributed by atoms with Gasteiger partial charge in [0, 0.05) is 5.56 Å². The topological polar surface area (TPSA) is 40.5 Å². The average Bonchev–Trinajstić information content (AvgIpc) is 2.50. The van der Waals surface area contributed by atoms with E-state index in [4.69, 9.17) is 0 Å². The average molecular weight is 331 g/mol. The van der Waals surface area contributed by atoms with E-state index in [0.29, 0.717) is 12.0 Å². The predicted octanol–water partition coefficient (Wildman–Crippen LogP) is 6.46. The van der Waals surface area contributed by atoms with Crippen LogP contribution >= 0.6 is 0 Å². The lowest BCUT2D eigenvalue weighted by atomic mass is 10.00. The highest BCUT2D eigenvalue weighted by molar-refractivity contribution is 5.47. The van der Waals surface area contributed by atoms with Gasteiger partial charge in [0.15, 0.2) is 0 Å². The van der Waals surface area contributed by atoms with E-state index in [1.807, 2.05) is 12.1 Å². The van der Waals surface area contributed by atoms with Gasteiger partial charge in [-0.2, -0.15) is 0 Å².